The molecule has 1 aromatic rings. The van der Waals surface area contributed by atoms with Gasteiger partial charge < -0.3 is 5.73 Å². The molecule has 2 N–H and O–H groups in total. The molecular weight excluding hydrogens is 260 g/mol. The van der Waals surface area contributed by atoms with Crippen LogP contribution < -0.4 is 5.73 Å². The highest BCUT2D eigenvalue weighted by atomic mass is 19.4. The van der Waals surface area contributed by atoms with E-state index >= 15 is 0 Å². The molecule has 0 radical (unpaired) electrons. The lowest BCUT2D eigenvalue weighted by Crippen LogP contribution is -2.24. The van der Waals surface area contributed by atoms with Crippen LogP contribution in [0.15, 0.2) is 18.2 Å². The maximum atomic E-state index is 13.4. The standard InChI is InChI=1S/C13H16F4N2/c14-11-3-1-2-10(12(11)13(15,16)17)8-19-5-4-9(6-18)7-19/h1-3,9H,4-8,18H2/t9-/m0/s1. The molecular formula is C13H16F4N2. The van der Waals surface area contributed by atoms with Crippen molar-refractivity contribution in [2.45, 2.75) is 19.1 Å². The van der Waals surface area contributed by atoms with E-state index in [-0.39, 0.29) is 12.1 Å². The van der Waals surface area contributed by atoms with Gasteiger partial charge in [0.25, 0.3) is 0 Å². The van der Waals surface area contributed by atoms with E-state index in [0.29, 0.717) is 25.6 Å². The summed E-state index contributed by atoms with van der Waals surface area (Å²) in [6, 6.07) is 3.50. The fourth-order valence-corrected chi connectivity index (χ4v) is 2.51. The van der Waals surface area contributed by atoms with Gasteiger partial charge in [-0.15, -0.1) is 0 Å². The molecule has 6 heteroatoms. The molecule has 1 heterocycles. The molecule has 2 nitrogen and oxygen atoms in total. The minimum absolute atomic E-state index is 0.00910. The smallest absolute Gasteiger partial charge is 0.330 e. The first kappa shape index (κ1) is 14.3. The molecule has 0 aromatic heterocycles. The van der Waals surface area contributed by atoms with Crippen molar-refractivity contribution >= 4 is 0 Å². The lowest BCUT2D eigenvalue weighted by molar-refractivity contribution is -0.140. The Morgan fingerprint density at radius 3 is 2.63 bits per heavy atom. The Kier molecular flexibility index (Phi) is 4.10. The normalized spacial score (nSPS) is 21.0. The summed E-state index contributed by atoms with van der Waals surface area (Å²) in [5, 5.41) is 0. The van der Waals surface area contributed by atoms with Crippen LogP contribution in [0.25, 0.3) is 0 Å². The second-order valence-electron chi connectivity index (χ2n) is 4.90. The van der Waals surface area contributed by atoms with Crippen molar-refractivity contribution in [3.8, 4) is 0 Å². The number of hydrogen-bond donors (Lipinski definition) is 1. The molecule has 0 bridgehead atoms. The Morgan fingerprint density at radius 1 is 1.32 bits per heavy atom. The summed E-state index contributed by atoms with van der Waals surface area (Å²) in [6.07, 6.45) is -3.78. The van der Waals surface area contributed by atoms with Crippen LogP contribution in [0.3, 0.4) is 0 Å². The third kappa shape index (κ3) is 3.25. The van der Waals surface area contributed by atoms with E-state index in [4.69, 9.17) is 5.73 Å². The van der Waals surface area contributed by atoms with Gasteiger partial charge in [0.2, 0.25) is 0 Å². The predicted octanol–water partition coefficient (Wildman–Crippen LogP) is 2.63. The summed E-state index contributed by atoms with van der Waals surface area (Å²) >= 11 is 0. The van der Waals surface area contributed by atoms with Crippen LogP contribution in [0.5, 0.6) is 0 Å². The first-order chi connectivity index (χ1) is 8.91. The summed E-state index contributed by atoms with van der Waals surface area (Å²) < 4.78 is 51.9. The van der Waals surface area contributed by atoms with Crippen molar-refractivity contribution in [2.75, 3.05) is 19.6 Å². The molecule has 0 aliphatic carbocycles. The molecule has 0 spiro atoms. The van der Waals surface area contributed by atoms with Crippen LogP contribution in [-0.4, -0.2) is 24.5 Å². The fraction of sp³-hybridized carbons (Fsp3) is 0.538. The van der Waals surface area contributed by atoms with Crippen LogP contribution in [0.4, 0.5) is 17.6 Å². The third-order valence-corrected chi connectivity index (χ3v) is 3.48. The molecule has 1 atom stereocenters. The number of rotatable bonds is 3. The zero-order chi connectivity index (χ0) is 14.0. The van der Waals surface area contributed by atoms with Gasteiger partial charge in [0, 0.05) is 13.1 Å². The Balaban J connectivity index is 2.19. The molecule has 1 aliphatic heterocycles. The van der Waals surface area contributed by atoms with E-state index in [1.807, 2.05) is 4.90 Å². The second-order valence-corrected chi connectivity index (χ2v) is 4.90. The SMILES string of the molecule is NC[C@@H]1CCN(Cc2cccc(F)c2C(F)(F)F)C1. The zero-order valence-electron chi connectivity index (χ0n) is 10.4. The minimum atomic E-state index is -4.66. The first-order valence-corrected chi connectivity index (χ1v) is 6.19. The third-order valence-electron chi connectivity index (χ3n) is 3.48. The summed E-state index contributed by atoms with van der Waals surface area (Å²) in [7, 11) is 0. The van der Waals surface area contributed by atoms with Gasteiger partial charge in [-0.05, 0) is 37.1 Å². The Labute approximate surface area is 109 Å². The number of nitrogens with two attached hydrogens (primary N) is 1. The Morgan fingerprint density at radius 2 is 2.05 bits per heavy atom. The van der Waals surface area contributed by atoms with Crippen molar-refractivity contribution in [1.29, 1.82) is 0 Å². The molecule has 1 saturated heterocycles. The summed E-state index contributed by atoms with van der Waals surface area (Å²) in [6.45, 7) is 2.02. The number of halogens is 4. The van der Waals surface area contributed by atoms with Crippen molar-refractivity contribution < 1.29 is 17.6 Å². The van der Waals surface area contributed by atoms with Crippen LogP contribution in [0.2, 0.25) is 0 Å². The number of hydrogen-bond acceptors (Lipinski definition) is 2. The molecule has 0 unspecified atom stereocenters. The van der Waals surface area contributed by atoms with E-state index < -0.39 is 17.6 Å². The highest BCUT2D eigenvalue weighted by Crippen LogP contribution is 2.35. The largest absolute Gasteiger partial charge is 0.419 e. The molecule has 1 aliphatic rings. The minimum Gasteiger partial charge on any atom is -0.330 e. The molecule has 0 saturated carbocycles. The van der Waals surface area contributed by atoms with Crippen molar-refractivity contribution in [2.24, 2.45) is 11.7 Å². The van der Waals surface area contributed by atoms with Gasteiger partial charge in [-0.2, -0.15) is 13.2 Å². The first-order valence-electron chi connectivity index (χ1n) is 6.19. The van der Waals surface area contributed by atoms with Crippen molar-refractivity contribution in [1.82, 2.24) is 4.90 Å². The summed E-state index contributed by atoms with van der Waals surface area (Å²) in [4.78, 5) is 1.89. The summed E-state index contributed by atoms with van der Waals surface area (Å²) in [5.74, 6) is -0.887. The van der Waals surface area contributed by atoms with Gasteiger partial charge in [-0.3, -0.25) is 4.90 Å². The van der Waals surface area contributed by atoms with Gasteiger partial charge in [-0.25, -0.2) is 4.39 Å². The van der Waals surface area contributed by atoms with Gasteiger partial charge in [0.15, 0.2) is 0 Å². The zero-order valence-corrected chi connectivity index (χ0v) is 10.4. The lowest BCUT2D eigenvalue weighted by Gasteiger charge is -2.19. The van der Waals surface area contributed by atoms with E-state index in [1.54, 1.807) is 0 Å². The predicted molar refractivity (Wildman–Crippen MR) is 63.8 cm³/mol. The number of likely N-dealkylation sites (tertiary alicyclic amines) is 1. The Bertz CT molecular complexity index is 445. The molecule has 1 aromatic carbocycles. The number of benzene rings is 1. The van der Waals surface area contributed by atoms with Gasteiger partial charge in [0.1, 0.15) is 5.82 Å². The van der Waals surface area contributed by atoms with Crippen LogP contribution >= 0.6 is 0 Å². The van der Waals surface area contributed by atoms with E-state index in [1.165, 1.54) is 12.1 Å². The van der Waals surface area contributed by atoms with Crippen molar-refractivity contribution in [3.05, 3.63) is 35.1 Å². The maximum absolute atomic E-state index is 13.4. The molecule has 0 amide bonds. The average molecular weight is 276 g/mol. The van der Waals surface area contributed by atoms with E-state index in [9.17, 15) is 17.6 Å². The Hall–Kier alpha value is -1.14. The van der Waals surface area contributed by atoms with Gasteiger partial charge in [0.05, 0.1) is 5.56 Å². The highest BCUT2D eigenvalue weighted by molar-refractivity contribution is 5.31. The topological polar surface area (TPSA) is 29.3 Å². The van der Waals surface area contributed by atoms with Crippen molar-refractivity contribution in [3.63, 3.8) is 0 Å². The van der Waals surface area contributed by atoms with E-state index in [0.717, 1.165) is 12.5 Å². The monoisotopic (exact) mass is 276 g/mol. The molecule has 19 heavy (non-hydrogen) atoms. The second kappa shape index (κ2) is 5.46. The van der Waals surface area contributed by atoms with Crippen LogP contribution in [0, 0.1) is 11.7 Å². The maximum Gasteiger partial charge on any atom is 0.419 e. The molecule has 2 rings (SSSR count). The van der Waals surface area contributed by atoms with Crippen LogP contribution in [-0.2, 0) is 12.7 Å². The summed E-state index contributed by atoms with van der Waals surface area (Å²) in [5.41, 5.74) is 4.39. The molecule has 106 valence electrons. The van der Waals surface area contributed by atoms with E-state index in [2.05, 4.69) is 0 Å². The molecule has 1 fully saturated rings. The van der Waals surface area contributed by atoms with Gasteiger partial charge >= 0.3 is 6.18 Å². The van der Waals surface area contributed by atoms with Gasteiger partial charge in [-0.1, -0.05) is 12.1 Å². The van der Waals surface area contributed by atoms with Crippen LogP contribution in [0.1, 0.15) is 17.5 Å². The average Bonchev–Trinajstić information content (AvgIpc) is 2.75. The number of nitrogens with zero attached hydrogens (tertiary/aromatic N) is 1. The lowest BCUT2D eigenvalue weighted by atomic mass is 10.1. The number of alkyl halides is 3. The quantitative estimate of drug-likeness (QED) is 0.860. The fourth-order valence-electron chi connectivity index (χ4n) is 2.51. The highest BCUT2D eigenvalue weighted by Gasteiger charge is 2.37.